The molecule has 0 bridgehead atoms. The van der Waals surface area contributed by atoms with Crippen molar-refractivity contribution < 1.29 is 4.79 Å². The van der Waals surface area contributed by atoms with Crippen LogP contribution in [0, 0.1) is 5.92 Å². The molecular formula is C26H35N7O. The fourth-order valence-electron chi connectivity index (χ4n) is 5.29. The van der Waals surface area contributed by atoms with Crippen LogP contribution in [0.4, 0.5) is 17.5 Å². The number of rotatable bonds is 8. The van der Waals surface area contributed by atoms with Crippen molar-refractivity contribution in [1.82, 2.24) is 24.8 Å². The zero-order chi connectivity index (χ0) is 23.5. The van der Waals surface area contributed by atoms with Crippen molar-refractivity contribution in [2.45, 2.75) is 58.4 Å². The summed E-state index contributed by atoms with van der Waals surface area (Å²) in [5, 5.41) is 7.56. The molecule has 180 valence electrons. The first kappa shape index (κ1) is 22.8. The quantitative estimate of drug-likeness (QED) is 0.470. The maximum atomic E-state index is 13.3. The van der Waals surface area contributed by atoms with Crippen molar-refractivity contribution in [2.24, 2.45) is 5.92 Å². The van der Waals surface area contributed by atoms with Gasteiger partial charge in [-0.2, -0.15) is 4.98 Å². The highest BCUT2D eigenvalue weighted by Gasteiger charge is 2.27. The molecule has 2 N–H and O–H groups in total. The lowest BCUT2D eigenvalue weighted by Gasteiger charge is -2.29. The molecule has 0 amide bonds. The Kier molecular flexibility index (Phi) is 6.76. The standard InChI is InChI=1S/C26H35N7O/c1-3-6-18(2)24(34)22-15-19-16-29-26(31-25(19)33(22)20-7-4-5-8-20)30-23-10-9-21(17-28-23)32-13-11-27-12-14-32/h9-10,15-18,20,27H,3-8,11-14H2,1-2H3,(H,28,29,30,31). The van der Waals surface area contributed by atoms with Gasteiger partial charge in [-0.05, 0) is 37.5 Å². The van der Waals surface area contributed by atoms with E-state index in [1.807, 2.05) is 31.5 Å². The van der Waals surface area contributed by atoms with E-state index in [0.717, 1.165) is 74.3 Å². The maximum absolute atomic E-state index is 13.3. The molecule has 1 atom stereocenters. The van der Waals surface area contributed by atoms with Gasteiger partial charge in [-0.3, -0.25) is 4.79 Å². The molecule has 0 radical (unpaired) electrons. The van der Waals surface area contributed by atoms with Crippen molar-refractivity contribution in [3.8, 4) is 0 Å². The molecule has 34 heavy (non-hydrogen) atoms. The minimum atomic E-state index is 0.0124. The van der Waals surface area contributed by atoms with Gasteiger partial charge in [0.1, 0.15) is 11.5 Å². The van der Waals surface area contributed by atoms with Crippen LogP contribution in [-0.4, -0.2) is 51.5 Å². The van der Waals surface area contributed by atoms with Crippen LogP contribution in [-0.2, 0) is 0 Å². The van der Waals surface area contributed by atoms with Gasteiger partial charge in [0.2, 0.25) is 5.95 Å². The predicted octanol–water partition coefficient (Wildman–Crippen LogP) is 4.71. The lowest BCUT2D eigenvalue weighted by Crippen LogP contribution is -2.43. The minimum absolute atomic E-state index is 0.0124. The Morgan fingerprint density at radius 1 is 1.18 bits per heavy atom. The number of hydrogen-bond donors (Lipinski definition) is 2. The zero-order valence-electron chi connectivity index (χ0n) is 20.3. The Bertz CT molecular complexity index is 1130. The van der Waals surface area contributed by atoms with Crippen molar-refractivity contribution in [2.75, 3.05) is 36.4 Å². The van der Waals surface area contributed by atoms with Gasteiger partial charge >= 0.3 is 0 Å². The second-order valence-electron chi connectivity index (χ2n) is 9.63. The highest BCUT2D eigenvalue weighted by molar-refractivity contribution is 6.00. The molecule has 0 aromatic carbocycles. The highest BCUT2D eigenvalue weighted by Crippen LogP contribution is 2.35. The predicted molar refractivity (Wildman–Crippen MR) is 136 cm³/mol. The molecule has 8 nitrogen and oxygen atoms in total. The molecule has 0 spiro atoms. The van der Waals surface area contributed by atoms with Crippen LogP contribution >= 0.6 is 0 Å². The van der Waals surface area contributed by atoms with Crippen molar-refractivity contribution >= 4 is 34.3 Å². The first-order chi connectivity index (χ1) is 16.6. The number of anilines is 3. The van der Waals surface area contributed by atoms with E-state index in [9.17, 15) is 4.79 Å². The van der Waals surface area contributed by atoms with E-state index in [4.69, 9.17) is 4.98 Å². The molecule has 2 fully saturated rings. The zero-order valence-corrected chi connectivity index (χ0v) is 20.3. The van der Waals surface area contributed by atoms with Crippen LogP contribution in [0.3, 0.4) is 0 Å². The number of nitrogens with one attached hydrogen (secondary N) is 2. The van der Waals surface area contributed by atoms with E-state index < -0.39 is 0 Å². The smallest absolute Gasteiger partial charge is 0.230 e. The molecule has 1 aliphatic heterocycles. The molecule has 3 aromatic rings. The number of pyridine rings is 1. The first-order valence-corrected chi connectivity index (χ1v) is 12.7. The van der Waals surface area contributed by atoms with E-state index in [0.29, 0.717) is 17.8 Å². The molecule has 1 saturated heterocycles. The summed E-state index contributed by atoms with van der Waals surface area (Å²) in [6.07, 6.45) is 10.2. The summed E-state index contributed by atoms with van der Waals surface area (Å²) in [7, 11) is 0. The van der Waals surface area contributed by atoms with Gasteiger partial charge in [0.15, 0.2) is 5.78 Å². The third-order valence-electron chi connectivity index (χ3n) is 7.16. The summed E-state index contributed by atoms with van der Waals surface area (Å²) in [4.78, 5) is 29.6. The van der Waals surface area contributed by atoms with E-state index in [1.54, 1.807) is 0 Å². The molecule has 4 heterocycles. The van der Waals surface area contributed by atoms with Gasteiger partial charge in [0, 0.05) is 49.7 Å². The summed E-state index contributed by atoms with van der Waals surface area (Å²) in [6, 6.07) is 6.38. The number of fused-ring (bicyclic) bond motifs is 1. The van der Waals surface area contributed by atoms with E-state index in [-0.39, 0.29) is 11.7 Å². The maximum Gasteiger partial charge on any atom is 0.230 e. The van der Waals surface area contributed by atoms with Gasteiger partial charge < -0.3 is 20.1 Å². The van der Waals surface area contributed by atoms with Crippen molar-refractivity contribution in [3.05, 3.63) is 36.3 Å². The molecule has 5 rings (SSSR count). The number of aromatic nitrogens is 4. The van der Waals surface area contributed by atoms with Crippen LogP contribution in [0.25, 0.3) is 11.0 Å². The Hall–Kier alpha value is -3.00. The van der Waals surface area contributed by atoms with Crippen LogP contribution in [0.1, 0.15) is 68.9 Å². The second kappa shape index (κ2) is 10.1. The van der Waals surface area contributed by atoms with Crippen molar-refractivity contribution in [1.29, 1.82) is 0 Å². The van der Waals surface area contributed by atoms with Gasteiger partial charge in [0.25, 0.3) is 0 Å². The number of piperazine rings is 1. The highest BCUT2D eigenvalue weighted by atomic mass is 16.1. The number of carbonyl (C=O) groups is 1. The number of ketones is 1. The Morgan fingerprint density at radius 2 is 1.97 bits per heavy atom. The van der Waals surface area contributed by atoms with E-state index in [2.05, 4.69) is 43.1 Å². The average Bonchev–Trinajstić information content (AvgIpc) is 3.52. The molecule has 2 aliphatic rings. The van der Waals surface area contributed by atoms with Crippen LogP contribution in [0.2, 0.25) is 0 Å². The fourth-order valence-corrected chi connectivity index (χ4v) is 5.29. The topological polar surface area (TPSA) is 88.0 Å². The van der Waals surface area contributed by atoms with E-state index in [1.165, 1.54) is 12.8 Å². The number of Topliss-reactive ketones (excluding diaryl/α,β-unsaturated/α-hetero) is 1. The average molecular weight is 462 g/mol. The molecule has 1 saturated carbocycles. The molecule has 3 aromatic heterocycles. The second-order valence-corrected chi connectivity index (χ2v) is 9.63. The summed E-state index contributed by atoms with van der Waals surface area (Å²) in [5.41, 5.74) is 2.75. The van der Waals surface area contributed by atoms with Gasteiger partial charge in [-0.25, -0.2) is 9.97 Å². The molecule has 1 aliphatic carbocycles. The summed E-state index contributed by atoms with van der Waals surface area (Å²) in [5.74, 6) is 1.45. The van der Waals surface area contributed by atoms with Crippen LogP contribution < -0.4 is 15.5 Å². The first-order valence-electron chi connectivity index (χ1n) is 12.7. The Morgan fingerprint density at radius 3 is 2.68 bits per heavy atom. The van der Waals surface area contributed by atoms with Gasteiger partial charge in [-0.15, -0.1) is 0 Å². The molecule has 1 unspecified atom stereocenters. The minimum Gasteiger partial charge on any atom is -0.368 e. The lowest BCUT2D eigenvalue weighted by molar-refractivity contribution is 0.0912. The number of hydrogen-bond acceptors (Lipinski definition) is 7. The lowest BCUT2D eigenvalue weighted by atomic mass is 9.98. The van der Waals surface area contributed by atoms with E-state index >= 15 is 0 Å². The normalized spacial score (nSPS) is 17.9. The number of carbonyl (C=O) groups excluding carboxylic acids is 1. The van der Waals surface area contributed by atoms with Crippen molar-refractivity contribution in [3.63, 3.8) is 0 Å². The Labute approximate surface area is 201 Å². The fraction of sp³-hybridized carbons (Fsp3) is 0.538. The molecule has 8 heteroatoms. The summed E-state index contributed by atoms with van der Waals surface area (Å²) >= 11 is 0. The third-order valence-corrected chi connectivity index (χ3v) is 7.16. The van der Waals surface area contributed by atoms with Crippen LogP contribution in [0.5, 0.6) is 0 Å². The summed E-state index contributed by atoms with van der Waals surface area (Å²) in [6.45, 7) is 8.14. The largest absolute Gasteiger partial charge is 0.368 e. The molecular weight excluding hydrogens is 426 g/mol. The SMILES string of the molecule is CCCC(C)C(=O)c1cc2cnc(Nc3ccc(N4CCNCC4)cn3)nc2n1C1CCCC1. The monoisotopic (exact) mass is 461 g/mol. The summed E-state index contributed by atoms with van der Waals surface area (Å²) < 4.78 is 2.20. The van der Waals surface area contributed by atoms with Gasteiger partial charge in [0.05, 0.1) is 17.6 Å². The number of nitrogens with zero attached hydrogens (tertiary/aromatic N) is 5. The third kappa shape index (κ3) is 4.64. The van der Waals surface area contributed by atoms with Gasteiger partial charge in [-0.1, -0.05) is 33.1 Å². The Balaban J connectivity index is 1.43. The van der Waals surface area contributed by atoms with Crippen LogP contribution in [0.15, 0.2) is 30.6 Å².